The van der Waals surface area contributed by atoms with Gasteiger partial charge in [-0.25, -0.2) is 9.37 Å². The van der Waals surface area contributed by atoms with Gasteiger partial charge in [-0.3, -0.25) is 19.9 Å². The molecule has 0 saturated heterocycles. The molecule has 0 spiro atoms. The van der Waals surface area contributed by atoms with Gasteiger partial charge in [-0.05, 0) is 61.2 Å². The van der Waals surface area contributed by atoms with Gasteiger partial charge in [0, 0.05) is 52.0 Å². The standard InChI is InChI=1S/C32H28FN7O/c1-18-7-20(9-23(33)8-18)27-16-35-17-29-25(27)12-28(38-29)30-26-11-22(14-36-31(26)40-39-30)21-10-24(15-34-13-21)37-32(41)19-5-3-2-4-6-19/h7-17,19,38H,2-6H2,1H3,(H,37,41)(H,36,39,40). The third-order valence-electron chi connectivity index (χ3n) is 7.89. The lowest BCUT2D eigenvalue weighted by Gasteiger charge is -2.20. The number of benzene rings is 1. The van der Waals surface area contributed by atoms with Gasteiger partial charge in [0.1, 0.15) is 11.5 Å². The minimum absolute atomic E-state index is 0.0652. The highest BCUT2D eigenvalue weighted by Crippen LogP contribution is 2.35. The number of aromatic nitrogens is 6. The Morgan fingerprint density at radius 2 is 1.71 bits per heavy atom. The van der Waals surface area contributed by atoms with Crippen molar-refractivity contribution in [1.82, 2.24) is 30.1 Å². The molecule has 0 bridgehead atoms. The smallest absolute Gasteiger partial charge is 0.227 e. The molecule has 0 aliphatic heterocycles. The van der Waals surface area contributed by atoms with E-state index < -0.39 is 0 Å². The van der Waals surface area contributed by atoms with Crippen molar-refractivity contribution < 1.29 is 9.18 Å². The Bertz CT molecular complexity index is 1900. The summed E-state index contributed by atoms with van der Waals surface area (Å²) in [4.78, 5) is 29.6. The SMILES string of the molecule is Cc1cc(F)cc(-c2cncc3[nH]c(-c4n[nH]c5ncc(-c6cncc(NC(=O)C7CCCCC7)c6)cc45)cc23)c1. The zero-order chi connectivity index (χ0) is 27.9. The Morgan fingerprint density at radius 1 is 0.878 bits per heavy atom. The average Bonchev–Trinajstić information content (AvgIpc) is 3.61. The Balaban J connectivity index is 1.23. The van der Waals surface area contributed by atoms with E-state index in [-0.39, 0.29) is 17.6 Å². The van der Waals surface area contributed by atoms with Crippen LogP contribution >= 0.6 is 0 Å². The summed E-state index contributed by atoms with van der Waals surface area (Å²) in [6.07, 6.45) is 14.0. The molecule has 3 N–H and O–H groups in total. The summed E-state index contributed by atoms with van der Waals surface area (Å²) in [6.45, 7) is 1.87. The van der Waals surface area contributed by atoms with Gasteiger partial charge in [-0.15, -0.1) is 0 Å². The van der Waals surface area contributed by atoms with Crippen molar-refractivity contribution in [3.05, 3.63) is 78.8 Å². The minimum atomic E-state index is -0.281. The quantitative estimate of drug-likeness (QED) is 0.212. The Kier molecular flexibility index (Phi) is 6.26. The number of halogens is 1. The van der Waals surface area contributed by atoms with Crippen LogP contribution in [0.5, 0.6) is 0 Å². The van der Waals surface area contributed by atoms with Crippen molar-refractivity contribution in [3.8, 4) is 33.6 Å². The maximum Gasteiger partial charge on any atom is 0.227 e. The first-order valence-electron chi connectivity index (χ1n) is 13.9. The van der Waals surface area contributed by atoms with Crippen molar-refractivity contribution in [2.75, 3.05) is 5.32 Å². The summed E-state index contributed by atoms with van der Waals surface area (Å²) in [5.41, 5.74) is 7.80. The van der Waals surface area contributed by atoms with Crippen LogP contribution in [0.25, 0.3) is 55.6 Å². The Morgan fingerprint density at radius 3 is 2.56 bits per heavy atom. The Hall–Kier alpha value is -4.92. The fourth-order valence-corrected chi connectivity index (χ4v) is 5.84. The number of amides is 1. The molecule has 1 amide bonds. The van der Waals surface area contributed by atoms with Gasteiger partial charge in [-0.1, -0.05) is 25.3 Å². The monoisotopic (exact) mass is 545 g/mol. The van der Waals surface area contributed by atoms with Crippen molar-refractivity contribution in [2.45, 2.75) is 39.0 Å². The first-order valence-corrected chi connectivity index (χ1v) is 13.9. The van der Waals surface area contributed by atoms with E-state index in [4.69, 9.17) is 0 Å². The zero-order valence-electron chi connectivity index (χ0n) is 22.5. The molecule has 1 fully saturated rings. The van der Waals surface area contributed by atoms with Gasteiger partial charge in [0.25, 0.3) is 0 Å². The predicted molar refractivity (Wildman–Crippen MR) is 158 cm³/mol. The number of carbonyl (C=O) groups excluding carboxylic acids is 1. The van der Waals surface area contributed by atoms with E-state index in [0.717, 1.165) is 75.5 Å². The van der Waals surface area contributed by atoms with Crippen LogP contribution < -0.4 is 5.32 Å². The summed E-state index contributed by atoms with van der Waals surface area (Å²) in [7, 11) is 0. The van der Waals surface area contributed by atoms with E-state index >= 15 is 0 Å². The predicted octanol–water partition coefficient (Wildman–Crippen LogP) is 7.20. The molecular weight excluding hydrogens is 517 g/mol. The third kappa shape index (κ3) is 4.84. The maximum absolute atomic E-state index is 14.2. The maximum atomic E-state index is 14.2. The lowest BCUT2D eigenvalue weighted by molar-refractivity contribution is -0.120. The number of aromatic amines is 2. The normalized spacial score (nSPS) is 14.1. The van der Waals surface area contributed by atoms with E-state index in [0.29, 0.717) is 17.0 Å². The first kappa shape index (κ1) is 25.1. The van der Waals surface area contributed by atoms with E-state index in [2.05, 4.69) is 35.5 Å². The highest BCUT2D eigenvalue weighted by molar-refractivity contribution is 6.01. The molecular formula is C32H28FN7O. The van der Waals surface area contributed by atoms with Crippen LogP contribution in [0.2, 0.25) is 0 Å². The van der Waals surface area contributed by atoms with E-state index in [1.807, 2.05) is 31.2 Å². The number of hydrogen-bond acceptors (Lipinski definition) is 5. The number of hydrogen-bond donors (Lipinski definition) is 3. The minimum Gasteiger partial charge on any atom is -0.352 e. The van der Waals surface area contributed by atoms with Gasteiger partial charge in [0.05, 0.1) is 29.3 Å². The second kappa shape index (κ2) is 10.2. The second-order valence-corrected chi connectivity index (χ2v) is 10.8. The van der Waals surface area contributed by atoms with Crippen LogP contribution in [-0.4, -0.2) is 36.0 Å². The van der Waals surface area contributed by atoms with Crippen LogP contribution in [0.15, 0.2) is 67.4 Å². The lowest BCUT2D eigenvalue weighted by atomic mass is 9.88. The topological polar surface area (TPSA) is 112 Å². The van der Waals surface area contributed by atoms with E-state index in [9.17, 15) is 9.18 Å². The number of nitrogens with zero attached hydrogens (tertiary/aromatic N) is 4. The molecule has 8 nitrogen and oxygen atoms in total. The average molecular weight is 546 g/mol. The molecule has 1 saturated carbocycles. The van der Waals surface area contributed by atoms with Gasteiger partial charge in [-0.2, -0.15) is 5.10 Å². The summed E-state index contributed by atoms with van der Waals surface area (Å²) in [6, 6.07) is 10.9. The highest BCUT2D eigenvalue weighted by atomic mass is 19.1. The molecule has 0 atom stereocenters. The zero-order valence-corrected chi connectivity index (χ0v) is 22.5. The number of nitrogens with one attached hydrogen (secondary N) is 3. The number of aryl methyl sites for hydroxylation is 1. The van der Waals surface area contributed by atoms with Gasteiger partial charge >= 0.3 is 0 Å². The molecule has 204 valence electrons. The van der Waals surface area contributed by atoms with E-state index in [1.54, 1.807) is 31.0 Å². The number of H-pyrrole nitrogens is 2. The molecule has 9 heteroatoms. The third-order valence-corrected chi connectivity index (χ3v) is 7.89. The summed E-state index contributed by atoms with van der Waals surface area (Å²) in [5, 5.41) is 12.4. The molecule has 5 aromatic heterocycles. The molecule has 0 unspecified atom stereocenters. The molecule has 0 radical (unpaired) electrons. The number of anilines is 1. The van der Waals surface area contributed by atoms with Crippen molar-refractivity contribution in [1.29, 1.82) is 0 Å². The van der Waals surface area contributed by atoms with Crippen molar-refractivity contribution in [3.63, 3.8) is 0 Å². The largest absolute Gasteiger partial charge is 0.352 e. The Labute approximate surface area is 235 Å². The van der Waals surface area contributed by atoms with Gasteiger partial charge < -0.3 is 10.3 Å². The molecule has 7 rings (SSSR count). The lowest BCUT2D eigenvalue weighted by Crippen LogP contribution is -2.24. The van der Waals surface area contributed by atoms with Crippen LogP contribution in [-0.2, 0) is 4.79 Å². The molecule has 5 heterocycles. The fourth-order valence-electron chi connectivity index (χ4n) is 5.84. The van der Waals surface area contributed by atoms with E-state index in [1.165, 1.54) is 18.6 Å². The number of carbonyl (C=O) groups is 1. The summed E-state index contributed by atoms with van der Waals surface area (Å²) in [5.74, 6) is -0.150. The molecule has 1 aliphatic rings. The van der Waals surface area contributed by atoms with Crippen molar-refractivity contribution >= 4 is 33.5 Å². The summed E-state index contributed by atoms with van der Waals surface area (Å²) < 4.78 is 14.2. The summed E-state index contributed by atoms with van der Waals surface area (Å²) >= 11 is 0. The molecule has 6 aromatic rings. The number of rotatable bonds is 5. The second-order valence-electron chi connectivity index (χ2n) is 10.8. The van der Waals surface area contributed by atoms with Crippen LogP contribution in [0, 0.1) is 18.7 Å². The molecule has 1 aromatic carbocycles. The van der Waals surface area contributed by atoms with Gasteiger partial charge in [0.2, 0.25) is 5.91 Å². The van der Waals surface area contributed by atoms with Crippen LogP contribution in [0.3, 0.4) is 0 Å². The highest BCUT2D eigenvalue weighted by Gasteiger charge is 2.21. The van der Waals surface area contributed by atoms with Crippen LogP contribution in [0.1, 0.15) is 37.7 Å². The number of fused-ring (bicyclic) bond motifs is 2. The van der Waals surface area contributed by atoms with Crippen LogP contribution in [0.4, 0.5) is 10.1 Å². The molecule has 41 heavy (non-hydrogen) atoms. The fraction of sp³-hybridized carbons (Fsp3) is 0.219. The molecule has 1 aliphatic carbocycles. The number of pyridine rings is 3. The van der Waals surface area contributed by atoms with Gasteiger partial charge in [0.15, 0.2) is 5.65 Å². The first-order chi connectivity index (χ1) is 20.0. The van der Waals surface area contributed by atoms with Crippen molar-refractivity contribution in [2.24, 2.45) is 5.92 Å².